The highest BCUT2D eigenvalue weighted by Gasteiger charge is 2.12. The Kier molecular flexibility index (Phi) is 15.5. The lowest BCUT2D eigenvalue weighted by Gasteiger charge is -2.25. The Morgan fingerprint density at radius 2 is 1.72 bits per heavy atom. The molecule has 12 heteroatoms. The molecule has 0 saturated carbocycles. The van der Waals surface area contributed by atoms with Crippen LogP contribution in [0.2, 0.25) is 0 Å². The van der Waals surface area contributed by atoms with Crippen molar-refractivity contribution in [2.75, 3.05) is 45.1 Å². The molecule has 25 heavy (non-hydrogen) atoms. The zero-order valence-corrected chi connectivity index (χ0v) is 15.1. The van der Waals surface area contributed by atoms with Gasteiger partial charge in [0.2, 0.25) is 0 Å². The van der Waals surface area contributed by atoms with Gasteiger partial charge in [-0.1, -0.05) is 0 Å². The lowest BCUT2D eigenvalue weighted by Crippen LogP contribution is -2.44. The zero-order chi connectivity index (χ0) is 19.9. The Balaban J connectivity index is 0. The summed E-state index contributed by atoms with van der Waals surface area (Å²) < 4.78 is 26.9. The first-order chi connectivity index (χ1) is 11.5. The highest BCUT2D eigenvalue weighted by Crippen LogP contribution is 1.93. The molecule has 0 aromatic heterocycles. The molecular formula is C13H29N3O8S. The summed E-state index contributed by atoms with van der Waals surface area (Å²) in [6, 6.07) is -1.06. The number of rotatable bonds is 7. The normalized spacial score (nSPS) is 15.8. The number of aliphatic hydroxyl groups is 1. The van der Waals surface area contributed by atoms with E-state index in [1.165, 1.54) is 6.92 Å². The van der Waals surface area contributed by atoms with Crippen LogP contribution in [0.4, 0.5) is 0 Å². The van der Waals surface area contributed by atoms with Gasteiger partial charge in [0.25, 0.3) is 10.1 Å². The molecule has 1 atom stereocenters. The van der Waals surface area contributed by atoms with Crippen molar-refractivity contribution < 1.29 is 37.9 Å². The first-order valence-corrected chi connectivity index (χ1v) is 9.33. The van der Waals surface area contributed by atoms with Gasteiger partial charge in [-0.2, -0.15) is 8.42 Å². The van der Waals surface area contributed by atoms with Crippen LogP contribution < -0.4 is 11.1 Å². The Labute approximate surface area is 147 Å². The maximum absolute atomic E-state index is 9.99. The highest BCUT2D eigenvalue weighted by molar-refractivity contribution is 7.85. The van der Waals surface area contributed by atoms with Gasteiger partial charge < -0.3 is 26.4 Å². The van der Waals surface area contributed by atoms with Crippen molar-refractivity contribution in [1.82, 2.24) is 10.2 Å². The maximum atomic E-state index is 9.99. The topological polar surface area (TPSA) is 190 Å². The first kappa shape index (κ1) is 25.9. The summed E-state index contributed by atoms with van der Waals surface area (Å²) in [6.07, 6.45) is -0.224. The number of carbonyl (C=O) groups is 2. The van der Waals surface area contributed by atoms with E-state index in [2.05, 4.69) is 10.2 Å². The molecule has 7 N–H and O–H groups in total. The van der Waals surface area contributed by atoms with Crippen LogP contribution in [0, 0.1) is 0 Å². The summed E-state index contributed by atoms with van der Waals surface area (Å²) in [4.78, 5) is 22.1. The van der Waals surface area contributed by atoms with Crippen LogP contribution in [-0.2, 0) is 19.7 Å². The predicted molar refractivity (Wildman–Crippen MR) is 91.0 cm³/mol. The van der Waals surface area contributed by atoms with Gasteiger partial charge in [-0.25, -0.2) is 0 Å². The van der Waals surface area contributed by atoms with Gasteiger partial charge in [-0.05, 0) is 13.3 Å². The second-order valence-electron chi connectivity index (χ2n) is 5.06. The molecule has 1 aliphatic heterocycles. The second kappa shape index (κ2) is 15.0. The minimum Gasteiger partial charge on any atom is -0.481 e. The molecule has 1 unspecified atom stereocenters. The number of carboxylic acid groups (broad SMARTS) is 2. The van der Waals surface area contributed by atoms with Crippen LogP contribution in [0.5, 0.6) is 0 Å². The SMILES string of the molecule is CCS(=O)(=O)O.NC(CCC(=O)O)C(=O)O.OCCN1CCNCC1. The Hall–Kier alpha value is -1.31. The van der Waals surface area contributed by atoms with Gasteiger partial charge in [-0.15, -0.1) is 0 Å². The number of β-amino-alcohol motifs (C(OH)–C–C–N with tert-alkyl or cyclic N) is 1. The number of nitrogens with zero attached hydrogens (tertiary/aromatic N) is 1. The smallest absolute Gasteiger partial charge is 0.320 e. The fourth-order valence-corrected chi connectivity index (χ4v) is 1.48. The minimum atomic E-state index is -3.66. The average molecular weight is 387 g/mol. The van der Waals surface area contributed by atoms with Crippen molar-refractivity contribution >= 4 is 22.1 Å². The molecule has 0 radical (unpaired) electrons. The van der Waals surface area contributed by atoms with Crippen LogP contribution in [0.15, 0.2) is 0 Å². The van der Waals surface area contributed by atoms with E-state index in [0.717, 1.165) is 32.7 Å². The molecule has 0 spiro atoms. The van der Waals surface area contributed by atoms with Crippen LogP contribution in [0.1, 0.15) is 19.8 Å². The van der Waals surface area contributed by atoms with E-state index in [9.17, 15) is 18.0 Å². The summed E-state index contributed by atoms with van der Waals surface area (Å²) in [5.41, 5.74) is 5.00. The number of nitrogens with one attached hydrogen (secondary N) is 1. The fourth-order valence-electron chi connectivity index (χ4n) is 1.48. The van der Waals surface area contributed by atoms with E-state index < -0.39 is 28.1 Å². The third-order valence-electron chi connectivity index (χ3n) is 2.98. The lowest BCUT2D eigenvalue weighted by atomic mass is 10.2. The maximum Gasteiger partial charge on any atom is 0.320 e. The van der Waals surface area contributed by atoms with Crippen LogP contribution in [0.3, 0.4) is 0 Å². The van der Waals surface area contributed by atoms with Crippen LogP contribution in [0.25, 0.3) is 0 Å². The molecule has 1 aliphatic rings. The molecule has 0 aliphatic carbocycles. The van der Waals surface area contributed by atoms with Crippen LogP contribution >= 0.6 is 0 Å². The minimum absolute atomic E-state index is 0.0231. The van der Waals surface area contributed by atoms with Crippen molar-refractivity contribution in [1.29, 1.82) is 0 Å². The summed E-state index contributed by atoms with van der Waals surface area (Å²) in [7, 11) is -3.66. The molecule has 1 saturated heterocycles. The molecule has 150 valence electrons. The Morgan fingerprint density at radius 1 is 1.24 bits per heavy atom. The van der Waals surface area contributed by atoms with Crippen molar-refractivity contribution in [3.8, 4) is 0 Å². The first-order valence-electron chi connectivity index (χ1n) is 7.72. The second-order valence-corrected chi connectivity index (χ2v) is 6.80. The Morgan fingerprint density at radius 3 is 2.04 bits per heavy atom. The summed E-state index contributed by atoms with van der Waals surface area (Å²) >= 11 is 0. The number of hydrogen-bond acceptors (Lipinski definition) is 8. The van der Waals surface area contributed by atoms with Gasteiger partial charge >= 0.3 is 11.9 Å². The average Bonchev–Trinajstić information content (AvgIpc) is 2.54. The molecule has 0 bridgehead atoms. The van der Waals surface area contributed by atoms with Gasteiger partial charge in [0.15, 0.2) is 0 Å². The third-order valence-corrected chi connectivity index (χ3v) is 3.71. The number of nitrogens with two attached hydrogens (primary N) is 1. The van der Waals surface area contributed by atoms with E-state index in [-0.39, 0.29) is 18.6 Å². The van der Waals surface area contributed by atoms with Gasteiger partial charge in [0.1, 0.15) is 6.04 Å². The molecule has 1 heterocycles. The van der Waals surface area contributed by atoms with Crippen molar-refractivity contribution in [2.45, 2.75) is 25.8 Å². The van der Waals surface area contributed by atoms with E-state index in [4.69, 9.17) is 25.6 Å². The van der Waals surface area contributed by atoms with E-state index in [1.807, 2.05) is 0 Å². The zero-order valence-electron chi connectivity index (χ0n) is 14.3. The number of carboxylic acids is 2. The van der Waals surface area contributed by atoms with Gasteiger partial charge in [0.05, 0.1) is 12.4 Å². The van der Waals surface area contributed by atoms with Gasteiger partial charge in [-0.3, -0.25) is 19.0 Å². The number of aliphatic carboxylic acids is 2. The molecule has 0 aromatic carbocycles. The monoisotopic (exact) mass is 387 g/mol. The standard InChI is InChI=1S/C6H14N2O.C5H9NO4.C2H6O3S/c9-6-5-8-3-1-7-2-4-8;6-3(5(9)10)1-2-4(7)8;1-2-6(3,4)5/h7,9H,1-6H2;3H,1-2,6H2,(H,7,8)(H,9,10);2H2,1H3,(H,3,4,5). The fraction of sp³-hybridized carbons (Fsp3) is 0.846. The number of aliphatic hydroxyl groups excluding tert-OH is 1. The lowest BCUT2D eigenvalue weighted by molar-refractivity contribution is -0.139. The molecular weight excluding hydrogens is 358 g/mol. The molecule has 11 nitrogen and oxygen atoms in total. The molecule has 0 aromatic rings. The van der Waals surface area contributed by atoms with E-state index in [1.54, 1.807) is 0 Å². The van der Waals surface area contributed by atoms with E-state index >= 15 is 0 Å². The van der Waals surface area contributed by atoms with Gasteiger partial charge in [0, 0.05) is 39.1 Å². The quantitative estimate of drug-likeness (QED) is 0.266. The van der Waals surface area contributed by atoms with Crippen molar-refractivity contribution in [3.05, 3.63) is 0 Å². The van der Waals surface area contributed by atoms with Crippen LogP contribution in [-0.4, -0.2) is 96.3 Å². The number of piperazine rings is 1. The predicted octanol–water partition coefficient (Wildman–Crippen LogP) is -1.96. The largest absolute Gasteiger partial charge is 0.481 e. The van der Waals surface area contributed by atoms with Crippen molar-refractivity contribution in [3.63, 3.8) is 0 Å². The summed E-state index contributed by atoms with van der Waals surface area (Å²) in [5, 5.41) is 28.1. The summed E-state index contributed by atoms with van der Waals surface area (Å²) in [6.45, 7) is 6.80. The number of hydrogen-bond donors (Lipinski definition) is 6. The molecule has 1 fully saturated rings. The Bertz CT molecular complexity index is 463. The molecule has 0 amide bonds. The molecule has 1 rings (SSSR count). The van der Waals surface area contributed by atoms with E-state index in [0.29, 0.717) is 6.61 Å². The van der Waals surface area contributed by atoms with Crippen molar-refractivity contribution in [2.24, 2.45) is 5.73 Å². The summed E-state index contributed by atoms with van der Waals surface area (Å²) in [5.74, 6) is -2.40. The third kappa shape index (κ3) is 20.6. The highest BCUT2D eigenvalue weighted by atomic mass is 32.2.